The van der Waals surface area contributed by atoms with E-state index in [1.165, 1.54) is 16.7 Å². The molecule has 2 heterocycles. The van der Waals surface area contributed by atoms with E-state index < -0.39 is 0 Å². The summed E-state index contributed by atoms with van der Waals surface area (Å²) in [5, 5.41) is 11.2. The first-order chi connectivity index (χ1) is 15.7. The number of halogens is 1. The van der Waals surface area contributed by atoms with Gasteiger partial charge in [0.2, 0.25) is 0 Å². The van der Waals surface area contributed by atoms with Gasteiger partial charge in [-0.25, -0.2) is 0 Å². The first-order valence-electron chi connectivity index (χ1n) is 11.0. The lowest BCUT2D eigenvalue weighted by Gasteiger charge is -2.39. The van der Waals surface area contributed by atoms with Crippen molar-refractivity contribution in [3.63, 3.8) is 0 Å². The summed E-state index contributed by atoms with van der Waals surface area (Å²) in [5.41, 5.74) is 5.63. The lowest BCUT2D eigenvalue weighted by Crippen LogP contribution is -2.47. The predicted octanol–water partition coefficient (Wildman–Crippen LogP) is 5.60. The molecule has 1 fully saturated rings. The van der Waals surface area contributed by atoms with Gasteiger partial charge in [-0.2, -0.15) is 5.26 Å². The molecule has 32 heavy (non-hydrogen) atoms. The van der Waals surface area contributed by atoms with Crippen molar-refractivity contribution in [3.8, 4) is 6.07 Å². The Morgan fingerprint density at radius 2 is 1.62 bits per heavy atom. The maximum atomic E-state index is 9.25. The molecule has 0 spiro atoms. The van der Waals surface area contributed by atoms with Crippen LogP contribution in [0.3, 0.4) is 0 Å². The fourth-order valence-corrected chi connectivity index (χ4v) is 4.82. The molecule has 1 saturated heterocycles. The quantitative estimate of drug-likeness (QED) is 0.439. The molecule has 1 aromatic heterocycles. The van der Waals surface area contributed by atoms with E-state index in [0.29, 0.717) is 5.56 Å². The third-order valence-corrected chi connectivity index (χ3v) is 6.62. The van der Waals surface area contributed by atoms with Crippen LogP contribution in [-0.2, 0) is 6.54 Å². The topological polar surface area (TPSA) is 46.1 Å². The minimum Gasteiger partial charge on any atom is -0.361 e. The molecule has 0 bridgehead atoms. The number of nitrogens with zero attached hydrogens (tertiary/aromatic N) is 3. The van der Waals surface area contributed by atoms with E-state index in [1.807, 2.05) is 30.3 Å². The van der Waals surface area contributed by atoms with E-state index in [4.69, 9.17) is 11.6 Å². The van der Waals surface area contributed by atoms with E-state index in [1.54, 1.807) is 0 Å². The zero-order valence-electron chi connectivity index (χ0n) is 17.8. The summed E-state index contributed by atoms with van der Waals surface area (Å²) in [4.78, 5) is 8.42. The van der Waals surface area contributed by atoms with E-state index in [-0.39, 0.29) is 6.04 Å². The van der Waals surface area contributed by atoms with Gasteiger partial charge in [0.1, 0.15) is 0 Å². The van der Waals surface area contributed by atoms with Crippen LogP contribution in [0, 0.1) is 11.3 Å². The molecule has 0 amide bonds. The number of piperazine rings is 1. The third kappa shape index (κ3) is 4.28. The number of fused-ring (bicyclic) bond motifs is 1. The standard InChI is InChI=1S/C27H25ClN4/c28-24-9-7-22(8-10-24)27(21-4-2-1-3-5-21)32-14-12-31(13-15-32)19-23-18-30-26-11-6-20(17-29)16-25(23)26/h1-11,16,18,27,30H,12-15,19H2/t27-/m1/s1. The molecule has 4 aromatic rings. The zero-order chi connectivity index (χ0) is 21.9. The smallest absolute Gasteiger partial charge is 0.0991 e. The lowest BCUT2D eigenvalue weighted by atomic mass is 9.96. The molecule has 1 atom stereocenters. The van der Waals surface area contributed by atoms with Crippen LogP contribution in [0.4, 0.5) is 0 Å². The predicted molar refractivity (Wildman–Crippen MR) is 130 cm³/mol. The molecule has 5 heteroatoms. The van der Waals surface area contributed by atoms with Gasteiger partial charge >= 0.3 is 0 Å². The van der Waals surface area contributed by atoms with Crippen LogP contribution >= 0.6 is 11.6 Å². The van der Waals surface area contributed by atoms with E-state index >= 15 is 0 Å². The molecular weight excluding hydrogens is 416 g/mol. The highest BCUT2D eigenvalue weighted by Crippen LogP contribution is 2.31. The third-order valence-electron chi connectivity index (χ3n) is 6.36. The van der Waals surface area contributed by atoms with Crippen molar-refractivity contribution in [2.45, 2.75) is 12.6 Å². The fourth-order valence-electron chi connectivity index (χ4n) is 4.69. The Hall–Kier alpha value is -3.10. The fraction of sp³-hybridized carbons (Fsp3) is 0.222. The molecule has 1 aliphatic heterocycles. The van der Waals surface area contributed by atoms with Crippen LogP contribution in [0.15, 0.2) is 79.0 Å². The Morgan fingerprint density at radius 3 is 2.34 bits per heavy atom. The molecule has 1 aliphatic rings. The van der Waals surface area contributed by atoms with E-state index in [2.05, 4.69) is 69.5 Å². The van der Waals surface area contributed by atoms with Gasteiger partial charge in [-0.1, -0.05) is 54.1 Å². The molecule has 3 aromatic carbocycles. The number of rotatable bonds is 5. The van der Waals surface area contributed by atoms with Crippen molar-refractivity contribution < 1.29 is 0 Å². The Bertz CT molecular complexity index is 1230. The first kappa shape index (κ1) is 20.8. The van der Waals surface area contributed by atoms with Gasteiger partial charge in [-0.3, -0.25) is 9.80 Å². The van der Waals surface area contributed by atoms with Crippen LogP contribution in [-0.4, -0.2) is 41.0 Å². The number of aromatic nitrogens is 1. The molecule has 0 unspecified atom stereocenters. The Balaban J connectivity index is 1.32. The monoisotopic (exact) mass is 440 g/mol. The normalized spacial score (nSPS) is 16.1. The second-order valence-electron chi connectivity index (χ2n) is 8.36. The number of hydrogen-bond acceptors (Lipinski definition) is 3. The van der Waals surface area contributed by atoms with Crippen molar-refractivity contribution in [2.75, 3.05) is 26.2 Å². The average molecular weight is 441 g/mol. The van der Waals surface area contributed by atoms with Crippen molar-refractivity contribution >= 4 is 22.5 Å². The van der Waals surface area contributed by atoms with Gasteiger partial charge in [0.05, 0.1) is 17.7 Å². The van der Waals surface area contributed by atoms with Gasteiger partial charge in [0.25, 0.3) is 0 Å². The highest BCUT2D eigenvalue weighted by Gasteiger charge is 2.26. The van der Waals surface area contributed by atoms with Crippen LogP contribution in [0.25, 0.3) is 10.9 Å². The molecule has 160 valence electrons. The SMILES string of the molecule is N#Cc1ccc2[nH]cc(CN3CCN([C@H](c4ccccc4)c4ccc(Cl)cc4)CC3)c2c1. The summed E-state index contributed by atoms with van der Waals surface area (Å²) < 4.78 is 0. The van der Waals surface area contributed by atoms with Crippen molar-refractivity contribution in [1.82, 2.24) is 14.8 Å². The average Bonchev–Trinajstić information content (AvgIpc) is 3.24. The summed E-state index contributed by atoms with van der Waals surface area (Å²) in [5.74, 6) is 0. The highest BCUT2D eigenvalue weighted by atomic mass is 35.5. The second-order valence-corrected chi connectivity index (χ2v) is 8.80. The lowest BCUT2D eigenvalue weighted by molar-refractivity contribution is 0.105. The highest BCUT2D eigenvalue weighted by molar-refractivity contribution is 6.30. The van der Waals surface area contributed by atoms with Crippen LogP contribution in [0.5, 0.6) is 0 Å². The minimum atomic E-state index is 0.224. The minimum absolute atomic E-state index is 0.224. The van der Waals surface area contributed by atoms with Crippen LogP contribution in [0.2, 0.25) is 5.02 Å². The van der Waals surface area contributed by atoms with Crippen molar-refractivity contribution in [1.29, 1.82) is 5.26 Å². The molecule has 0 radical (unpaired) electrons. The Kier molecular flexibility index (Phi) is 5.96. The van der Waals surface area contributed by atoms with Crippen LogP contribution < -0.4 is 0 Å². The van der Waals surface area contributed by atoms with Gasteiger partial charge in [-0.05, 0) is 47.0 Å². The van der Waals surface area contributed by atoms with Gasteiger partial charge in [0, 0.05) is 54.8 Å². The number of nitrogens with one attached hydrogen (secondary N) is 1. The number of nitriles is 1. The number of hydrogen-bond donors (Lipinski definition) is 1. The van der Waals surface area contributed by atoms with Gasteiger partial charge in [0.15, 0.2) is 0 Å². The first-order valence-corrected chi connectivity index (χ1v) is 11.4. The number of aromatic amines is 1. The summed E-state index contributed by atoms with van der Waals surface area (Å²) in [6.07, 6.45) is 2.08. The summed E-state index contributed by atoms with van der Waals surface area (Å²) in [7, 11) is 0. The molecule has 0 saturated carbocycles. The largest absolute Gasteiger partial charge is 0.361 e. The molecule has 1 N–H and O–H groups in total. The number of benzene rings is 3. The summed E-state index contributed by atoms with van der Waals surface area (Å²) in [6.45, 7) is 4.88. The van der Waals surface area contributed by atoms with E-state index in [9.17, 15) is 5.26 Å². The second kappa shape index (κ2) is 9.18. The summed E-state index contributed by atoms with van der Waals surface area (Å²) >= 11 is 6.15. The Labute approximate surface area is 193 Å². The van der Waals surface area contributed by atoms with E-state index in [0.717, 1.165) is 48.6 Å². The Morgan fingerprint density at radius 1 is 0.906 bits per heavy atom. The van der Waals surface area contributed by atoms with Crippen molar-refractivity contribution in [3.05, 3.63) is 106 Å². The van der Waals surface area contributed by atoms with Crippen LogP contribution in [0.1, 0.15) is 28.3 Å². The molecule has 5 rings (SSSR count). The number of H-pyrrole nitrogens is 1. The van der Waals surface area contributed by atoms with Crippen molar-refractivity contribution in [2.24, 2.45) is 0 Å². The molecule has 0 aliphatic carbocycles. The maximum Gasteiger partial charge on any atom is 0.0991 e. The molecule has 4 nitrogen and oxygen atoms in total. The van der Waals surface area contributed by atoms with Gasteiger partial charge in [-0.15, -0.1) is 0 Å². The summed E-state index contributed by atoms with van der Waals surface area (Å²) in [6, 6.07) is 27.3. The maximum absolute atomic E-state index is 9.25. The zero-order valence-corrected chi connectivity index (χ0v) is 18.6. The molecular formula is C27H25ClN4. The van der Waals surface area contributed by atoms with Gasteiger partial charge < -0.3 is 4.98 Å².